The quantitative estimate of drug-likeness (QED) is 0.897. The Kier molecular flexibility index (Phi) is 4.66. The highest BCUT2D eigenvalue weighted by molar-refractivity contribution is 9.10. The molecule has 1 aromatic rings. The number of nitrogen functional groups attached to an aromatic ring is 1. The van der Waals surface area contributed by atoms with Crippen molar-refractivity contribution in [3.8, 4) is 0 Å². The van der Waals surface area contributed by atoms with E-state index < -0.39 is 0 Å². The number of nitrogens with zero attached hydrogens (tertiary/aromatic N) is 1. The molecule has 0 spiro atoms. The average Bonchev–Trinajstić information content (AvgIpc) is 2.29. The van der Waals surface area contributed by atoms with E-state index in [0.29, 0.717) is 10.9 Å². The van der Waals surface area contributed by atoms with Gasteiger partial charge in [-0.05, 0) is 22.0 Å². The number of hydrogen-bond acceptors (Lipinski definition) is 5. The van der Waals surface area contributed by atoms with Crippen LogP contribution in [0.2, 0.25) is 0 Å². The molecule has 16 heavy (non-hydrogen) atoms. The molecule has 1 aliphatic heterocycles. The Bertz CT molecular complexity index is 356. The summed E-state index contributed by atoms with van der Waals surface area (Å²) in [4.78, 5) is 4.26. The lowest BCUT2D eigenvalue weighted by Crippen LogP contribution is -2.23. The number of aromatic nitrogens is 1. The number of anilines is 2. The van der Waals surface area contributed by atoms with Gasteiger partial charge in [-0.1, -0.05) is 0 Å². The van der Waals surface area contributed by atoms with Crippen LogP contribution in [0.5, 0.6) is 0 Å². The summed E-state index contributed by atoms with van der Waals surface area (Å²) in [5.41, 5.74) is 6.32. The Labute approximate surface area is 112 Å². The van der Waals surface area contributed by atoms with Gasteiger partial charge in [0.15, 0.2) is 0 Å². The van der Waals surface area contributed by atoms with Crippen molar-refractivity contribution in [3.63, 3.8) is 0 Å². The van der Waals surface area contributed by atoms with Crippen molar-refractivity contribution < 1.29 is 0 Å². The van der Waals surface area contributed by atoms with Gasteiger partial charge in [-0.15, -0.1) is 0 Å². The third-order valence-electron chi connectivity index (χ3n) is 2.24. The van der Waals surface area contributed by atoms with Crippen LogP contribution in [0.15, 0.2) is 16.7 Å². The normalized spacial score (nSPS) is 20.7. The first-order valence-corrected chi connectivity index (χ1v) is 8.09. The summed E-state index contributed by atoms with van der Waals surface area (Å²) >= 11 is 7.53. The van der Waals surface area contributed by atoms with Crippen molar-refractivity contribution >= 4 is 51.0 Å². The Morgan fingerprint density at radius 3 is 3.12 bits per heavy atom. The van der Waals surface area contributed by atoms with Gasteiger partial charge in [0.1, 0.15) is 5.82 Å². The lowest BCUT2D eigenvalue weighted by molar-refractivity contribution is 0.991. The van der Waals surface area contributed by atoms with Crippen molar-refractivity contribution in [2.45, 2.75) is 5.25 Å². The topological polar surface area (TPSA) is 50.9 Å². The Morgan fingerprint density at radius 2 is 2.44 bits per heavy atom. The summed E-state index contributed by atoms with van der Waals surface area (Å²) in [6, 6.07) is 1.87. The monoisotopic (exact) mass is 319 g/mol. The second kappa shape index (κ2) is 6.02. The molecular weight excluding hydrogens is 306 g/mol. The maximum Gasteiger partial charge on any atom is 0.140 e. The first-order chi connectivity index (χ1) is 7.75. The first kappa shape index (κ1) is 12.4. The van der Waals surface area contributed by atoms with Crippen LogP contribution >= 0.6 is 39.5 Å². The van der Waals surface area contributed by atoms with Crippen molar-refractivity contribution in [2.75, 3.05) is 34.9 Å². The Balaban J connectivity index is 1.88. The number of halogens is 1. The van der Waals surface area contributed by atoms with Gasteiger partial charge in [0, 0.05) is 29.1 Å². The molecule has 0 aliphatic carbocycles. The third kappa shape index (κ3) is 3.46. The van der Waals surface area contributed by atoms with Crippen LogP contribution in [0.3, 0.4) is 0 Å². The summed E-state index contributed by atoms with van der Waals surface area (Å²) in [7, 11) is 0. The fourth-order valence-corrected chi connectivity index (χ4v) is 4.57. The molecule has 0 saturated carbocycles. The molecule has 1 atom stereocenters. The lowest BCUT2D eigenvalue weighted by Gasteiger charge is -2.21. The van der Waals surface area contributed by atoms with Gasteiger partial charge >= 0.3 is 0 Å². The predicted octanol–water partition coefficient (Wildman–Crippen LogP) is 2.69. The highest BCUT2D eigenvalue weighted by Crippen LogP contribution is 2.26. The smallest absolute Gasteiger partial charge is 0.140 e. The average molecular weight is 320 g/mol. The number of thioether (sulfide) groups is 2. The predicted molar refractivity (Wildman–Crippen MR) is 78.4 cm³/mol. The van der Waals surface area contributed by atoms with E-state index in [-0.39, 0.29) is 0 Å². The standard InChI is InChI=1S/C10H14BrN3S2/c11-9-3-7(12)4-13-10(9)14-5-8-6-15-1-2-16-8/h3-4,8H,1-2,5-6,12H2,(H,13,14). The highest BCUT2D eigenvalue weighted by Gasteiger charge is 2.14. The number of nitrogens with one attached hydrogen (secondary N) is 1. The molecular formula is C10H14BrN3S2. The van der Waals surface area contributed by atoms with Gasteiger partial charge in [0.05, 0.1) is 16.4 Å². The molecule has 0 aromatic carbocycles. The molecule has 2 rings (SSSR count). The summed E-state index contributed by atoms with van der Waals surface area (Å²) < 4.78 is 0.931. The van der Waals surface area contributed by atoms with E-state index in [2.05, 4.69) is 26.2 Å². The molecule has 1 aromatic heterocycles. The molecule has 1 saturated heterocycles. The molecule has 1 unspecified atom stereocenters. The van der Waals surface area contributed by atoms with Crippen LogP contribution in [0.4, 0.5) is 11.5 Å². The van der Waals surface area contributed by atoms with E-state index in [1.165, 1.54) is 17.3 Å². The molecule has 2 heterocycles. The maximum absolute atomic E-state index is 5.64. The number of nitrogens with two attached hydrogens (primary N) is 1. The molecule has 3 nitrogen and oxygen atoms in total. The maximum atomic E-state index is 5.64. The van der Waals surface area contributed by atoms with Crippen molar-refractivity contribution in [1.82, 2.24) is 4.98 Å². The molecule has 88 valence electrons. The molecule has 1 aliphatic rings. The fourth-order valence-electron chi connectivity index (χ4n) is 1.45. The van der Waals surface area contributed by atoms with E-state index >= 15 is 0 Å². The van der Waals surface area contributed by atoms with Crippen molar-refractivity contribution in [1.29, 1.82) is 0 Å². The summed E-state index contributed by atoms with van der Waals surface area (Å²) in [5, 5.41) is 4.05. The van der Waals surface area contributed by atoms with E-state index in [4.69, 9.17) is 5.73 Å². The van der Waals surface area contributed by atoms with Crippen LogP contribution in [0.1, 0.15) is 0 Å². The molecule has 3 N–H and O–H groups in total. The fraction of sp³-hybridized carbons (Fsp3) is 0.500. The zero-order chi connectivity index (χ0) is 11.4. The van der Waals surface area contributed by atoms with Gasteiger partial charge in [-0.25, -0.2) is 4.98 Å². The number of pyridine rings is 1. The van der Waals surface area contributed by atoms with Gasteiger partial charge in [0.25, 0.3) is 0 Å². The van der Waals surface area contributed by atoms with Crippen LogP contribution < -0.4 is 11.1 Å². The minimum atomic E-state index is 0.681. The first-order valence-electron chi connectivity index (χ1n) is 5.10. The SMILES string of the molecule is Nc1cnc(NCC2CSCCS2)c(Br)c1. The van der Waals surface area contributed by atoms with Crippen LogP contribution in [0.25, 0.3) is 0 Å². The third-order valence-corrected chi connectivity index (χ3v) is 5.69. The highest BCUT2D eigenvalue weighted by atomic mass is 79.9. The van der Waals surface area contributed by atoms with Gasteiger partial charge in [-0.3, -0.25) is 0 Å². The Morgan fingerprint density at radius 1 is 1.56 bits per heavy atom. The van der Waals surface area contributed by atoms with E-state index in [9.17, 15) is 0 Å². The molecule has 6 heteroatoms. The van der Waals surface area contributed by atoms with Gasteiger partial charge < -0.3 is 11.1 Å². The summed E-state index contributed by atoms with van der Waals surface area (Å²) in [6.07, 6.45) is 1.68. The number of rotatable bonds is 3. The lowest BCUT2D eigenvalue weighted by atomic mass is 10.4. The van der Waals surface area contributed by atoms with E-state index in [0.717, 1.165) is 16.8 Å². The van der Waals surface area contributed by atoms with Gasteiger partial charge in [0.2, 0.25) is 0 Å². The molecule has 0 bridgehead atoms. The molecule has 0 radical (unpaired) electrons. The zero-order valence-electron chi connectivity index (χ0n) is 8.78. The van der Waals surface area contributed by atoms with Crippen LogP contribution in [-0.2, 0) is 0 Å². The van der Waals surface area contributed by atoms with Crippen LogP contribution in [0, 0.1) is 0 Å². The minimum absolute atomic E-state index is 0.681. The Hall–Kier alpha value is -0.0700. The molecule has 1 fully saturated rings. The van der Waals surface area contributed by atoms with Crippen molar-refractivity contribution in [2.24, 2.45) is 0 Å². The zero-order valence-corrected chi connectivity index (χ0v) is 12.0. The molecule has 0 amide bonds. The largest absolute Gasteiger partial charge is 0.397 e. The van der Waals surface area contributed by atoms with Gasteiger partial charge in [-0.2, -0.15) is 23.5 Å². The second-order valence-corrected chi connectivity index (χ2v) is 6.96. The van der Waals surface area contributed by atoms with Crippen LogP contribution in [-0.4, -0.2) is 34.0 Å². The summed E-state index contributed by atoms with van der Waals surface area (Å²) in [5.74, 6) is 4.65. The van der Waals surface area contributed by atoms with E-state index in [1.807, 2.05) is 29.6 Å². The second-order valence-electron chi connectivity index (χ2n) is 3.55. The van der Waals surface area contributed by atoms with E-state index in [1.54, 1.807) is 6.20 Å². The van der Waals surface area contributed by atoms with Crippen molar-refractivity contribution in [3.05, 3.63) is 16.7 Å². The number of hydrogen-bond donors (Lipinski definition) is 2. The summed E-state index contributed by atoms with van der Waals surface area (Å²) in [6.45, 7) is 0.965. The minimum Gasteiger partial charge on any atom is -0.397 e.